The molecule has 1 aliphatic heterocycles. The van der Waals surface area contributed by atoms with Gasteiger partial charge in [-0.1, -0.05) is 29.8 Å². The van der Waals surface area contributed by atoms with E-state index in [0.717, 1.165) is 18.7 Å². The highest BCUT2D eigenvalue weighted by Gasteiger charge is 2.27. The molecule has 1 heterocycles. The summed E-state index contributed by atoms with van der Waals surface area (Å²) in [5, 5.41) is 3.39. The number of nitrogens with zero attached hydrogens (tertiary/aromatic N) is 1. The van der Waals surface area contributed by atoms with Gasteiger partial charge in [0.05, 0.1) is 6.42 Å². The fourth-order valence-electron chi connectivity index (χ4n) is 2.39. The second-order valence-electron chi connectivity index (χ2n) is 5.23. The van der Waals surface area contributed by atoms with Gasteiger partial charge in [0, 0.05) is 25.2 Å². The monoisotopic (exact) mass is 282 g/mol. The van der Waals surface area contributed by atoms with E-state index in [4.69, 9.17) is 0 Å². The lowest BCUT2D eigenvalue weighted by molar-refractivity contribution is -0.134. The average molecular weight is 283 g/mol. The lowest BCUT2D eigenvalue weighted by Gasteiger charge is -2.38. The SMILES string of the molecule is Cc1ccc(CC(=O)N2CCNC(C)C2C)cc1.Cl. The third-order valence-corrected chi connectivity index (χ3v) is 3.83. The van der Waals surface area contributed by atoms with Gasteiger partial charge >= 0.3 is 0 Å². The molecule has 0 aliphatic carbocycles. The Kier molecular flexibility index (Phi) is 5.83. The topological polar surface area (TPSA) is 32.3 Å². The van der Waals surface area contributed by atoms with Gasteiger partial charge in [0.25, 0.3) is 0 Å². The molecule has 0 bridgehead atoms. The van der Waals surface area contributed by atoms with Crippen LogP contribution in [0, 0.1) is 6.92 Å². The molecule has 2 rings (SSSR count). The fraction of sp³-hybridized carbons (Fsp3) is 0.533. The highest BCUT2D eigenvalue weighted by atomic mass is 35.5. The zero-order chi connectivity index (χ0) is 13.1. The first-order chi connectivity index (χ1) is 8.58. The predicted octanol–water partition coefficient (Wildman–Crippen LogP) is 2.17. The van der Waals surface area contributed by atoms with E-state index >= 15 is 0 Å². The largest absolute Gasteiger partial charge is 0.337 e. The molecule has 0 saturated carbocycles. The van der Waals surface area contributed by atoms with E-state index in [1.54, 1.807) is 0 Å². The third-order valence-electron chi connectivity index (χ3n) is 3.83. The van der Waals surface area contributed by atoms with E-state index in [9.17, 15) is 4.79 Å². The maximum Gasteiger partial charge on any atom is 0.227 e. The van der Waals surface area contributed by atoms with Crippen molar-refractivity contribution in [1.29, 1.82) is 0 Å². The fourth-order valence-corrected chi connectivity index (χ4v) is 2.39. The number of amides is 1. The number of nitrogens with one attached hydrogen (secondary N) is 1. The predicted molar refractivity (Wildman–Crippen MR) is 80.8 cm³/mol. The highest BCUT2D eigenvalue weighted by molar-refractivity contribution is 5.85. The van der Waals surface area contributed by atoms with E-state index in [2.05, 4.69) is 38.2 Å². The minimum absolute atomic E-state index is 0. The summed E-state index contributed by atoms with van der Waals surface area (Å²) in [6.07, 6.45) is 0.511. The van der Waals surface area contributed by atoms with Crippen molar-refractivity contribution in [2.45, 2.75) is 39.3 Å². The third kappa shape index (κ3) is 3.95. The number of aryl methyl sites for hydroxylation is 1. The van der Waals surface area contributed by atoms with Crippen molar-refractivity contribution in [1.82, 2.24) is 10.2 Å². The molecule has 1 saturated heterocycles. The Morgan fingerprint density at radius 1 is 1.32 bits per heavy atom. The number of rotatable bonds is 2. The Morgan fingerprint density at radius 3 is 2.58 bits per heavy atom. The molecule has 0 aromatic heterocycles. The minimum atomic E-state index is 0. The molecular formula is C15H23ClN2O. The molecule has 0 spiro atoms. The average Bonchev–Trinajstić information content (AvgIpc) is 2.35. The van der Waals surface area contributed by atoms with Crippen molar-refractivity contribution in [2.75, 3.05) is 13.1 Å². The number of carbonyl (C=O) groups excluding carboxylic acids is 1. The van der Waals surface area contributed by atoms with Crippen LogP contribution in [0.25, 0.3) is 0 Å². The van der Waals surface area contributed by atoms with E-state index in [-0.39, 0.29) is 24.4 Å². The maximum absolute atomic E-state index is 12.3. The number of carbonyl (C=O) groups is 1. The Morgan fingerprint density at radius 2 is 1.95 bits per heavy atom. The summed E-state index contributed by atoms with van der Waals surface area (Å²) in [5.74, 6) is 0.236. The lowest BCUT2D eigenvalue weighted by Crippen LogP contribution is -2.57. The normalized spacial score (nSPS) is 22.8. The molecule has 1 fully saturated rings. The van der Waals surface area contributed by atoms with Gasteiger partial charge in [0.2, 0.25) is 5.91 Å². The maximum atomic E-state index is 12.3. The standard InChI is InChI=1S/C15H22N2O.ClH/c1-11-4-6-14(7-5-11)10-15(18)17-9-8-16-12(2)13(17)3;/h4-7,12-13,16H,8-10H2,1-3H3;1H. The van der Waals surface area contributed by atoms with Crippen LogP contribution in [-0.2, 0) is 11.2 Å². The van der Waals surface area contributed by atoms with Crippen molar-refractivity contribution in [3.63, 3.8) is 0 Å². The number of benzene rings is 1. The van der Waals surface area contributed by atoms with Crippen LogP contribution in [0.3, 0.4) is 0 Å². The van der Waals surface area contributed by atoms with Gasteiger partial charge in [-0.2, -0.15) is 0 Å². The van der Waals surface area contributed by atoms with Crippen LogP contribution in [0.2, 0.25) is 0 Å². The number of hydrogen-bond acceptors (Lipinski definition) is 2. The van der Waals surface area contributed by atoms with Gasteiger partial charge in [-0.15, -0.1) is 12.4 Å². The van der Waals surface area contributed by atoms with Crippen LogP contribution >= 0.6 is 12.4 Å². The summed E-state index contributed by atoms with van der Waals surface area (Å²) in [4.78, 5) is 14.3. The van der Waals surface area contributed by atoms with Crippen molar-refractivity contribution in [3.05, 3.63) is 35.4 Å². The highest BCUT2D eigenvalue weighted by Crippen LogP contribution is 2.12. The quantitative estimate of drug-likeness (QED) is 0.902. The molecule has 106 valence electrons. The van der Waals surface area contributed by atoms with Gasteiger partial charge in [-0.3, -0.25) is 4.79 Å². The molecule has 3 nitrogen and oxygen atoms in total. The zero-order valence-corrected chi connectivity index (χ0v) is 12.7. The van der Waals surface area contributed by atoms with Gasteiger partial charge < -0.3 is 10.2 Å². The molecule has 2 unspecified atom stereocenters. The summed E-state index contributed by atoms with van der Waals surface area (Å²) >= 11 is 0. The first kappa shape index (κ1) is 16.0. The Balaban J connectivity index is 0.00000180. The first-order valence-corrected chi connectivity index (χ1v) is 6.66. The molecule has 2 atom stereocenters. The van der Waals surface area contributed by atoms with Gasteiger partial charge in [0.15, 0.2) is 0 Å². The lowest BCUT2D eigenvalue weighted by atomic mass is 10.0. The molecule has 1 N–H and O–H groups in total. The molecule has 1 amide bonds. The van der Waals surface area contributed by atoms with Crippen LogP contribution in [-0.4, -0.2) is 36.0 Å². The summed E-state index contributed by atoms with van der Waals surface area (Å²) in [7, 11) is 0. The molecule has 19 heavy (non-hydrogen) atoms. The summed E-state index contributed by atoms with van der Waals surface area (Å²) in [6, 6.07) is 8.86. The van der Waals surface area contributed by atoms with Crippen molar-refractivity contribution in [2.24, 2.45) is 0 Å². The van der Waals surface area contributed by atoms with E-state index in [0.29, 0.717) is 12.5 Å². The second kappa shape index (κ2) is 6.92. The van der Waals surface area contributed by atoms with E-state index in [1.165, 1.54) is 5.56 Å². The number of halogens is 1. The Hall–Kier alpha value is -1.06. The van der Waals surface area contributed by atoms with Crippen LogP contribution < -0.4 is 5.32 Å². The molecule has 1 aromatic carbocycles. The van der Waals surface area contributed by atoms with Crippen molar-refractivity contribution >= 4 is 18.3 Å². The molecule has 1 aromatic rings. The molecular weight excluding hydrogens is 260 g/mol. The summed E-state index contributed by atoms with van der Waals surface area (Å²) in [6.45, 7) is 8.02. The van der Waals surface area contributed by atoms with E-state index < -0.39 is 0 Å². The van der Waals surface area contributed by atoms with Crippen LogP contribution in [0.1, 0.15) is 25.0 Å². The smallest absolute Gasteiger partial charge is 0.227 e. The summed E-state index contributed by atoms with van der Waals surface area (Å²) in [5.41, 5.74) is 2.33. The van der Waals surface area contributed by atoms with Crippen molar-refractivity contribution < 1.29 is 4.79 Å². The number of hydrogen-bond donors (Lipinski definition) is 1. The zero-order valence-electron chi connectivity index (χ0n) is 11.8. The molecule has 1 aliphatic rings. The molecule has 4 heteroatoms. The van der Waals surface area contributed by atoms with Gasteiger partial charge in [0.1, 0.15) is 0 Å². The number of piperazine rings is 1. The van der Waals surface area contributed by atoms with Crippen molar-refractivity contribution in [3.8, 4) is 0 Å². The van der Waals surface area contributed by atoms with Gasteiger partial charge in [-0.05, 0) is 26.3 Å². The van der Waals surface area contributed by atoms with Gasteiger partial charge in [-0.25, -0.2) is 0 Å². The van der Waals surface area contributed by atoms with Crippen LogP contribution in [0.5, 0.6) is 0 Å². The minimum Gasteiger partial charge on any atom is -0.337 e. The van der Waals surface area contributed by atoms with E-state index in [1.807, 2.05) is 17.0 Å². The Labute approximate surface area is 121 Å². The first-order valence-electron chi connectivity index (χ1n) is 6.66. The Bertz CT molecular complexity index is 419. The van der Waals surface area contributed by atoms with Crippen LogP contribution in [0.15, 0.2) is 24.3 Å². The second-order valence-corrected chi connectivity index (χ2v) is 5.23. The molecule has 0 radical (unpaired) electrons. The summed E-state index contributed by atoms with van der Waals surface area (Å²) < 4.78 is 0. The van der Waals surface area contributed by atoms with Crippen LogP contribution in [0.4, 0.5) is 0 Å².